The van der Waals surface area contributed by atoms with Gasteiger partial charge in [-0.1, -0.05) is 69.3 Å². The molecule has 2 amide bonds. The molecule has 4 aliphatic rings. The van der Waals surface area contributed by atoms with E-state index in [-0.39, 0.29) is 40.9 Å². The number of hydrogen-bond acceptors (Lipinski definition) is 2. The first-order valence-corrected chi connectivity index (χ1v) is 12.3. The van der Waals surface area contributed by atoms with Crippen molar-refractivity contribution in [1.29, 1.82) is 0 Å². The summed E-state index contributed by atoms with van der Waals surface area (Å²) in [6.07, 6.45) is 0. The van der Waals surface area contributed by atoms with E-state index in [4.69, 9.17) is 0 Å². The topological polar surface area (TPSA) is 37.4 Å². The largest absolute Gasteiger partial charge is 0.274 e. The Bertz CT molecular complexity index is 1350. The number of carbonyl (C=O) groups is 2. The number of hydrogen-bond donors (Lipinski definition) is 0. The van der Waals surface area contributed by atoms with E-state index in [9.17, 15) is 9.59 Å². The van der Waals surface area contributed by atoms with Gasteiger partial charge in [0.1, 0.15) is 0 Å². The van der Waals surface area contributed by atoms with Gasteiger partial charge in [0.05, 0.1) is 17.5 Å². The van der Waals surface area contributed by atoms with Crippen LogP contribution >= 0.6 is 15.9 Å². The van der Waals surface area contributed by atoms with Crippen LogP contribution in [0.15, 0.2) is 65.1 Å². The lowest BCUT2D eigenvalue weighted by atomic mass is 9.54. The summed E-state index contributed by atoms with van der Waals surface area (Å²) in [4.78, 5) is 29.3. The third-order valence-electron chi connectivity index (χ3n) is 7.75. The second-order valence-electron chi connectivity index (χ2n) is 10.7. The number of aryl methyl sites for hydroxylation is 1. The second kappa shape index (κ2) is 6.89. The van der Waals surface area contributed by atoms with Crippen molar-refractivity contribution in [3.8, 4) is 0 Å². The van der Waals surface area contributed by atoms with Crippen molar-refractivity contribution >= 4 is 33.4 Å². The third-order valence-corrected chi connectivity index (χ3v) is 8.38. The Morgan fingerprint density at radius 3 is 1.91 bits per heavy atom. The molecule has 3 aliphatic carbocycles. The number of rotatable bonds is 1. The summed E-state index contributed by atoms with van der Waals surface area (Å²) in [6, 6.07) is 20.9. The van der Waals surface area contributed by atoms with Crippen LogP contribution in [0.25, 0.3) is 0 Å². The zero-order valence-corrected chi connectivity index (χ0v) is 20.8. The highest BCUT2D eigenvalue weighted by atomic mass is 79.9. The Morgan fingerprint density at radius 1 is 0.758 bits per heavy atom. The van der Waals surface area contributed by atoms with Crippen molar-refractivity contribution in [3.63, 3.8) is 0 Å². The molecule has 0 unspecified atom stereocenters. The minimum absolute atomic E-state index is 0.0128. The standard InChI is InChI=1S/C29H26BrNO2/c1-15-9-12-22(21(30)13-15)31-27(32)25-23-17-7-5-6-8-18(17)24(26(25)28(31)33)20-14-16(29(2,3)4)10-11-19(20)23/h5-14,23-26H,1-4H3/t23-,24-,25+,26+/m1/s1. The number of amides is 2. The number of anilines is 1. The van der Waals surface area contributed by atoms with Gasteiger partial charge in [-0.05, 0) is 73.8 Å². The van der Waals surface area contributed by atoms with E-state index in [1.165, 1.54) is 32.7 Å². The maximum Gasteiger partial charge on any atom is 0.238 e. The van der Waals surface area contributed by atoms with Gasteiger partial charge >= 0.3 is 0 Å². The maximum absolute atomic E-state index is 14.0. The molecule has 2 bridgehead atoms. The van der Waals surface area contributed by atoms with Gasteiger partial charge in [-0.15, -0.1) is 0 Å². The highest BCUT2D eigenvalue weighted by Gasteiger charge is 2.62. The van der Waals surface area contributed by atoms with Crippen molar-refractivity contribution in [2.45, 2.75) is 44.9 Å². The number of benzene rings is 3. The fraction of sp³-hybridized carbons (Fsp3) is 0.310. The molecule has 0 N–H and O–H groups in total. The molecule has 166 valence electrons. The van der Waals surface area contributed by atoms with Gasteiger partial charge in [-0.2, -0.15) is 0 Å². The Kier molecular flexibility index (Phi) is 4.36. The van der Waals surface area contributed by atoms with Crippen molar-refractivity contribution in [2.75, 3.05) is 4.90 Å². The Hall–Kier alpha value is -2.72. The highest BCUT2D eigenvalue weighted by Crippen LogP contribution is 2.61. The average molecular weight is 500 g/mol. The Morgan fingerprint density at radius 2 is 1.33 bits per heavy atom. The minimum atomic E-state index is -0.367. The molecule has 3 aromatic rings. The van der Waals surface area contributed by atoms with E-state index in [1.807, 2.05) is 31.2 Å². The Balaban J connectivity index is 1.56. The summed E-state index contributed by atoms with van der Waals surface area (Å²) in [6.45, 7) is 8.65. The molecule has 4 heteroatoms. The van der Waals surface area contributed by atoms with Crippen LogP contribution < -0.4 is 4.90 Å². The summed E-state index contributed by atoms with van der Waals surface area (Å²) >= 11 is 3.60. The van der Waals surface area contributed by atoms with Gasteiger partial charge < -0.3 is 0 Å². The zero-order valence-electron chi connectivity index (χ0n) is 19.2. The normalized spacial score (nSPS) is 25.2. The van der Waals surface area contributed by atoms with E-state index < -0.39 is 0 Å². The quantitative estimate of drug-likeness (QED) is 0.360. The monoisotopic (exact) mass is 499 g/mol. The van der Waals surface area contributed by atoms with Crippen LogP contribution in [0.3, 0.4) is 0 Å². The number of halogens is 1. The van der Waals surface area contributed by atoms with Crippen molar-refractivity contribution in [3.05, 3.63) is 98.5 Å². The molecule has 0 radical (unpaired) electrons. The average Bonchev–Trinajstić information content (AvgIpc) is 3.04. The molecule has 0 aromatic heterocycles. The molecule has 0 saturated carbocycles. The zero-order chi connectivity index (χ0) is 23.2. The van der Waals surface area contributed by atoms with E-state index in [0.717, 1.165) is 10.0 Å². The lowest BCUT2D eigenvalue weighted by Gasteiger charge is -2.46. The van der Waals surface area contributed by atoms with Crippen molar-refractivity contribution < 1.29 is 9.59 Å². The molecule has 1 fully saturated rings. The molecule has 3 nitrogen and oxygen atoms in total. The van der Waals surface area contributed by atoms with Gasteiger partial charge in [0.15, 0.2) is 0 Å². The first-order chi connectivity index (χ1) is 15.7. The predicted octanol–water partition coefficient (Wildman–Crippen LogP) is 6.45. The van der Waals surface area contributed by atoms with Gasteiger partial charge in [0, 0.05) is 16.3 Å². The first kappa shape index (κ1) is 20.9. The molecule has 1 aliphatic heterocycles. The molecule has 4 atom stereocenters. The summed E-state index contributed by atoms with van der Waals surface area (Å²) < 4.78 is 0.778. The molecular formula is C29H26BrNO2. The minimum Gasteiger partial charge on any atom is -0.274 e. The lowest BCUT2D eigenvalue weighted by molar-refractivity contribution is -0.122. The molecule has 7 rings (SSSR count). The van der Waals surface area contributed by atoms with Gasteiger partial charge in [0.2, 0.25) is 11.8 Å². The third kappa shape index (κ3) is 2.80. The fourth-order valence-electron chi connectivity index (χ4n) is 6.22. The molecule has 1 heterocycles. The van der Waals surface area contributed by atoms with Crippen molar-refractivity contribution in [1.82, 2.24) is 0 Å². The van der Waals surface area contributed by atoms with Crippen LogP contribution in [0.2, 0.25) is 0 Å². The number of nitrogens with zero attached hydrogens (tertiary/aromatic N) is 1. The molecular weight excluding hydrogens is 474 g/mol. The summed E-state index contributed by atoms with van der Waals surface area (Å²) in [5.41, 5.74) is 7.83. The van der Waals surface area contributed by atoms with Crippen molar-refractivity contribution in [2.24, 2.45) is 11.8 Å². The van der Waals surface area contributed by atoms with E-state index in [2.05, 4.69) is 73.1 Å². The molecule has 1 saturated heterocycles. The maximum atomic E-state index is 14.0. The molecule has 33 heavy (non-hydrogen) atoms. The molecule has 3 aromatic carbocycles. The summed E-state index contributed by atoms with van der Waals surface area (Å²) in [7, 11) is 0. The van der Waals surface area contributed by atoms with Crippen LogP contribution in [-0.4, -0.2) is 11.8 Å². The highest BCUT2D eigenvalue weighted by molar-refractivity contribution is 9.10. The van der Waals surface area contributed by atoms with E-state index in [1.54, 1.807) is 0 Å². The van der Waals surface area contributed by atoms with E-state index >= 15 is 0 Å². The first-order valence-electron chi connectivity index (χ1n) is 11.6. The van der Waals surface area contributed by atoms with Crippen LogP contribution in [-0.2, 0) is 15.0 Å². The van der Waals surface area contributed by atoms with Crippen LogP contribution in [0.5, 0.6) is 0 Å². The van der Waals surface area contributed by atoms with Gasteiger partial charge in [-0.3, -0.25) is 9.59 Å². The second-order valence-corrected chi connectivity index (χ2v) is 11.6. The fourth-order valence-corrected chi connectivity index (χ4v) is 6.90. The summed E-state index contributed by atoms with van der Waals surface area (Å²) in [5.74, 6) is -1.08. The summed E-state index contributed by atoms with van der Waals surface area (Å²) in [5, 5.41) is 0. The predicted molar refractivity (Wildman–Crippen MR) is 134 cm³/mol. The Labute approximate surface area is 202 Å². The smallest absolute Gasteiger partial charge is 0.238 e. The van der Waals surface area contributed by atoms with Crippen LogP contribution in [0.4, 0.5) is 5.69 Å². The van der Waals surface area contributed by atoms with Crippen LogP contribution in [0, 0.1) is 18.8 Å². The lowest BCUT2D eigenvalue weighted by Crippen LogP contribution is -2.41. The molecule has 0 spiro atoms. The number of imide groups is 1. The van der Waals surface area contributed by atoms with E-state index in [0.29, 0.717) is 5.69 Å². The number of carbonyl (C=O) groups excluding carboxylic acids is 2. The van der Waals surface area contributed by atoms with Gasteiger partial charge in [-0.25, -0.2) is 4.90 Å². The van der Waals surface area contributed by atoms with Crippen LogP contribution in [0.1, 0.15) is 66.0 Å². The van der Waals surface area contributed by atoms with Gasteiger partial charge in [0.25, 0.3) is 0 Å². The SMILES string of the molecule is Cc1ccc(N2C(=O)[C@H]3[C@@H]4c5ccccc5[C@H](c5cc(C(C)(C)C)ccc54)[C@@H]3C2=O)c(Br)c1.